The van der Waals surface area contributed by atoms with Crippen molar-refractivity contribution in [3.63, 3.8) is 0 Å². The van der Waals surface area contributed by atoms with Gasteiger partial charge in [0.25, 0.3) is 5.56 Å². The highest BCUT2D eigenvalue weighted by Gasteiger charge is 2.29. The summed E-state index contributed by atoms with van der Waals surface area (Å²) in [5.41, 5.74) is -0.0509. The van der Waals surface area contributed by atoms with E-state index in [4.69, 9.17) is 0 Å². The number of aromatic amines is 1. The predicted molar refractivity (Wildman–Crippen MR) is 71.0 cm³/mol. The van der Waals surface area contributed by atoms with Crippen LogP contribution in [0.1, 0.15) is 25.1 Å². The zero-order chi connectivity index (χ0) is 12.5. The second kappa shape index (κ2) is 4.72. The van der Waals surface area contributed by atoms with Crippen molar-refractivity contribution >= 4 is 5.82 Å². The van der Waals surface area contributed by atoms with Crippen LogP contribution in [0.2, 0.25) is 0 Å². The Morgan fingerprint density at radius 2 is 2.17 bits per heavy atom. The highest BCUT2D eigenvalue weighted by molar-refractivity contribution is 5.38. The van der Waals surface area contributed by atoms with Gasteiger partial charge in [-0.1, -0.05) is 0 Å². The van der Waals surface area contributed by atoms with E-state index in [-0.39, 0.29) is 5.56 Å². The fraction of sp³-hybridized carbons (Fsp3) is 0.692. The molecule has 0 saturated carbocycles. The number of aryl methyl sites for hydroxylation is 1. The van der Waals surface area contributed by atoms with Crippen LogP contribution in [0.5, 0.6) is 0 Å². The zero-order valence-corrected chi connectivity index (χ0v) is 10.9. The molecule has 1 unspecified atom stereocenters. The monoisotopic (exact) mass is 248 g/mol. The third kappa shape index (κ3) is 2.27. The molecule has 0 aromatic carbocycles. The Bertz CT molecular complexity index is 484. The van der Waals surface area contributed by atoms with Crippen molar-refractivity contribution in [3.05, 3.63) is 22.2 Å². The van der Waals surface area contributed by atoms with Gasteiger partial charge in [-0.05, 0) is 32.7 Å². The van der Waals surface area contributed by atoms with Gasteiger partial charge in [0.1, 0.15) is 11.6 Å². The zero-order valence-electron chi connectivity index (χ0n) is 10.9. The van der Waals surface area contributed by atoms with Crippen molar-refractivity contribution in [2.45, 2.75) is 32.2 Å². The summed E-state index contributed by atoms with van der Waals surface area (Å²) in [6, 6.07) is 2.27. The summed E-state index contributed by atoms with van der Waals surface area (Å²) >= 11 is 0. The van der Waals surface area contributed by atoms with Crippen LogP contribution < -0.4 is 10.5 Å². The molecule has 0 aliphatic carbocycles. The SMILES string of the molecule is Cc1nc(N2CCCN3CCCC3C2)cc(=O)[nH]1. The summed E-state index contributed by atoms with van der Waals surface area (Å²) < 4.78 is 0. The van der Waals surface area contributed by atoms with Crippen LogP contribution in [0, 0.1) is 6.92 Å². The van der Waals surface area contributed by atoms with Crippen LogP contribution in [-0.2, 0) is 0 Å². The average Bonchev–Trinajstić information content (AvgIpc) is 2.65. The molecule has 0 bridgehead atoms. The van der Waals surface area contributed by atoms with Gasteiger partial charge in [-0.25, -0.2) is 4.98 Å². The number of aromatic nitrogens is 2. The number of hydrogen-bond acceptors (Lipinski definition) is 4. The van der Waals surface area contributed by atoms with Gasteiger partial charge >= 0.3 is 0 Å². The van der Waals surface area contributed by atoms with Crippen LogP contribution in [0.15, 0.2) is 10.9 Å². The molecule has 3 heterocycles. The number of rotatable bonds is 1. The molecule has 0 spiro atoms. The van der Waals surface area contributed by atoms with E-state index in [0.717, 1.165) is 25.3 Å². The van der Waals surface area contributed by atoms with E-state index in [1.165, 1.54) is 25.9 Å². The van der Waals surface area contributed by atoms with E-state index < -0.39 is 0 Å². The number of nitrogens with one attached hydrogen (secondary N) is 1. The molecule has 1 N–H and O–H groups in total. The normalized spacial score (nSPS) is 24.9. The summed E-state index contributed by atoms with van der Waals surface area (Å²) in [4.78, 5) is 23.6. The highest BCUT2D eigenvalue weighted by Crippen LogP contribution is 2.23. The highest BCUT2D eigenvalue weighted by atomic mass is 16.1. The number of fused-ring (bicyclic) bond motifs is 1. The molecule has 98 valence electrons. The largest absolute Gasteiger partial charge is 0.355 e. The van der Waals surface area contributed by atoms with Crippen molar-refractivity contribution in [2.75, 3.05) is 31.1 Å². The molecule has 2 aliphatic rings. The number of H-pyrrole nitrogens is 1. The summed E-state index contributed by atoms with van der Waals surface area (Å²) in [6.45, 7) is 6.27. The fourth-order valence-corrected chi connectivity index (χ4v) is 3.14. The van der Waals surface area contributed by atoms with E-state index in [0.29, 0.717) is 11.9 Å². The molecule has 5 heteroatoms. The third-order valence-electron chi connectivity index (χ3n) is 3.97. The first-order valence-electron chi connectivity index (χ1n) is 6.79. The standard InChI is InChI=1S/C13H20N4O/c1-10-14-12(8-13(18)15-10)17-7-3-6-16-5-2-4-11(16)9-17/h8,11H,2-7,9H2,1H3,(H,14,15,18). The van der Waals surface area contributed by atoms with Gasteiger partial charge < -0.3 is 9.88 Å². The van der Waals surface area contributed by atoms with Crippen molar-refractivity contribution in [1.82, 2.24) is 14.9 Å². The predicted octanol–water partition coefficient (Wildman–Crippen LogP) is 0.753. The van der Waals surface area contributed by atoms with E-state index in [1.54, 1.807) is 6.07 Å². The van der Waals surface area contributed by atoms with Crippen molar-refractivity contribution in [3.8, 4) is 0 Å². The Morgan fingerprint density at radius 3 is 3.00 bits per heavy atom. The van der Waals surface area contributed by atoms with E-state index in [2.05, 4.69) is 19.8 Å². The van der Waals surface area contributed by atoms with Crippen LogP contribution >= 0.6 is 0 Å². The molecule has 1 aromatic heterocycles. The summed E-state index contributed by atoms with van der Waals surface area (Å²) in [5, 5.41) is 0. The first-order chi connectivity index (χ1) is 8.72. The van der Waals surface area contributed by atoms with Crippen LogP contribution in [0.3, 0.4) is 0 Å². The molecule has 1 atom stereocenters. The molecule has 1 aromatic rings. The maximum atomic E-state index is 11.5. The minimum Gasteiger partial charge on any atom is -0.355 e. The number of nitrogens with zero attached hydrogens (tertiary/aromatic N) is 3. The van der Waals surface area contributed by atoms with Crippen molar-refractivity contribution in [2.24, 2.45) is 0 Å². The molecular weight excluding hydrogens is 228 g/mol. The summed E-state index contributed by atoms with van der Waals surface area (Å²) in [6.07, 6.45) is 3.74. The topological polar surface area (TPSA) is 52.2 Å². The lowest BCUT2D eigenvalue weighted by Gasteiger charge is -2.26. The van der Waals surface area contributed by atoms with Gasteiger partial charge in [0.05, 0.1) is 0 Å². The fourth-order valence-electron chi connectivity index (χ4n) is 3.14. The first kappa shape index (κ1) is 11.7. The smallest absolute Gasteiger partial charge is 0.252 e. The second-order valence-corrected chi connectivity index (χ2v) is 5.32. The molecule has 3 rings (SSSR count). The molecule has 2 fully saturated rings. The third-order valence-corrected chi connectivity index (χ3v) is 3.97. The lowest BCUT2D eigenvalue weighted by atomic mass is 10.2. The Labute approximate surface area is 107 Å². The van der Waals surface area contributed by atoms with Gasteiger partial charge in [-0.15, -0.1) is 0 Å². The van der Waals surface area contributed by atoms with Gasteiger partial charge in [-0.3, -0.25) is 9.69 Å². The van der Waals surface area contributed by atoms with Crippen LogP contribution in [0.4, 0.5) is 5.82 Å². The minimum atomic E-state index is -0.0509. The molecular formula is C13H20N4O. The van der Waals surface area contributed by atoms with Crippen LogP contribution in [0.25, 0.3) is 0 Å². The lowest BCUT2D eigenvalue weighted by Crippen LogP contribution is -2.37. The Hall–Kier alpha value is -1.36. The molecule has 5 nitrogen and oxygen atoms in total. The van der Waals surface area contributed by atoms with E-state index >= 15 is 0 Å². The van der Waals surface area contributed by atoms with Crippen molar-refractivity contribution < 1.29 is 0 Å². The summed E-state index contributed by atoms with van der Waals surface area (Å²) in [7, 11) is 0. The van der Waals surface area contributed by atoms with Gasteiger partial charge in [0.15, 0.2) is 0 Å². The molecule has 0 radical (unpaired) electrons. The Kier molecular flexibility index (Phi) is 3.07. The first-order valence-corrected chi connectivity index (χ1v) is 6.79. The van der Waals surface area contributed by atoms with Gasteiger partial charge in [-0.2, -0.15) is 0 Å². The lowest BCUT2D eigenvalue weighted by molar-refractivity contribution is 0.273. The molecule has 2 aliphatic heterocycles. The average molecular weight is 248 g/mol. The maximum Gasteiger partial charge on any atom is 0.252 e. The van der Waals surface area contributed by atoms with Gasteiger partial charge in [0.2, 0.25) is 0 Å². The van der Waals surface area contributed by atoms with Gasteiger partial charge in [0, 0.05) is 31.7 Å². The molecule has 0 amide bonds. The second-order valence-electron chi connectivity index (χ2n) is 5.32. The Balaban J connectivity index is 1.84. The van der Waals surface area contributed by atoms with E-state index in [1.807, 2.05) is 6.92 Å². The van der Waals surface area contributed by atoms with Crippen LogP contribution in [-0.4, -0.2) is 47.1 Å². The number of anilines is 1. The minimum absolute atomic E-state index is 0.0509. The van der Waals surface area contributed by atoms with Crippen molar-refractivity contribution in [1.29, 1.82) is 0 Å². The Morgan fingerprint density at radius 1 is 1.33 bits per heavy atom. The maximum absolute atomic E-state index is 11.5. The summed E-state index contributed by atoms with van der Waals surface area (Å²) in [5.74, 6) is 1.54. The van der Waals surface area contributed by atoms with E-state index in [9.17, 15) is 4.79 Å². The quantitative estimate of drug-likeness (QED) is 0.797. The molecule has 2 saturated heterocycles. The molecule has 18 heavy (non-hydrogen) atoms. The number of hydrogen-bond donors (Lipinski definition) is 1.